The van der Waals surface area contributed by atoms with Crippen molar-refractivity contribution < 1.29 is 13.1 Å². The first kappa shape index (κ1) is 32.8. The second-order valence-electron chi connectivity index (χ2n) is 12.9. The van der Waals surface area contributed by atoms with Crippen LogP contribution < -0.4 is 0 Å². The van der Waals surface area contributed by atoms with Gasteiger partial charge in [-0.05, 0) is 0 Å². The van der Waals surface area contributed by atoms with E-state index in [4.69, 9.17) is 10.2 Å². The summed E-state index contributed by atoms with van der Waals surface area (Å²) < 4.78 is 5.56. The predicted molar refractivity (Wildman–Crippen MR) is 201 cm³/mol. The van der Waals surface area contributed by atoms with Crippen LogP contribution in [0.1, 0.15) is 67.5 Å². The third-order valence-electron chi connectivity index (χ3n) is 9.37. The predicted octanol–water partition coefficient (Wildman–Crippen LogP) is 11.6. The van der Waals surface area contributed by atoms with Crippen LogP contribution in [0.3, 0.4) is 0 Å². The molecule has 0 amide bonds. The van der Waals surface area contributed by atoms with Crippen LogP contribution in [0.5, 0.6) is 0 Å². The summed E-state index contributed by atoms with van der Waals surface area (Å²) in [4.78, 5) is 0. The molecule has 0 N–H and O–H groups in total. The Morgan fingerprint density at radius 3 is 1.04 bits per heavy atom. The number of halogens is 1. The minimum absolute atomic E-state index is 0.0414. The molecule has 0 saturated heterocycles. The zero-order valence-corrected chi connectivity index (χ0v) is 30.0. The maximum absolute atomic E-state index is 6.97. The summed E-state index contributed by atoms with van der Waals surface area (Å²) in [6, 6.07) is 52.6. The Bertz CT molecular complexity index is 2030. The Morgan fingerprint density at radius 2 is 0.755 bits per heavy atom. The summed E-state index contributed by atoms with van der Waals surface area (Å²) >= 11 is 1.04. The van der Waals surface area contributed by atoms with E-state index in [0.717, 1.165) is 28.9 Å². The Kier molecular flexibility index (Phi) is 9.67. The van der Waals surface area contributed by atoms with E-state index < -0.39 is 0 Å². The fourth-order valence-corrected chi connectivity index (χ4v) is 8.53. The summed E-state index contributed by atoms with van der Waals surface area (Å²) in [5.74, 6) is 0.0829. The Morgan fingerprint density at radius 1 is 0.449 bits per heavy atom. The number of aryl methyl sites for hydroxylation is 4. The molecule has 2 nitrogen and oxygen atoms in total. The van der Waals surface area contributed by atoms with Crippen molar-refractivity contribution in [3.8, 4) is 11.4 Å². The van der Waals surface area contributed by atoms with Gasteiger partial charge in [0.1, 0.15) is 0 Å². The van der Waals surface area contributed by atoms with Crippen LogP contribution in [0, 0.1) is 32.1 Å². The van der Waals surface area contributed by atoms with Gasteiger partial charge in [-0.3, -0.25) is 0 Å². The number of nitrogens with zero attached hydrogens (tertiary/aromatic N) is 2. The van der Waals surface area contributed by atoms with Crippen LogP contribution in [-0.4, -0.2) is 9.13 Å². The van der Waals surface area contributed by atoms with Gasteiger partial charge in [0.2, 0.25) is 0 Å². The molecule has 7 aromatic rings. The van der Waals surface area contributed by atoms with E-state index in [2.05, 4.69) is 195 Å². The van der Waals surface area contributed by atoms with Crippen molar-refractivity contribution in [1.82, 2.24) is 9.13 Å². The maximum atomic E-state index is 6.97. The van der Waals surface area contributed by atoms with Crippen LogP contribution in [0.4, 0.5) is 0 Å². The third kappa shape index (κ3) is 6.54. The van der Waals surface area contributed by atoms with E-state index in [1.807, 2.05) is 0 Å². The second-order valence-corrected chi connectivity index (χ2v) is 14.0. The molecular weight excluding hydrogens is 663 g/mol. The Balaban J connectivity index is 1.49. The number of rotatable bonds is 8. The van der Waals surface area contributed by atoms with E-state index in [9.17, 15) is 0 Å². The summed E-state index contributed by atoms with van der Waals surface area (Å²) in [6.45, 7) is 8.82. The molecule has 1 aromatic heterocycles. The van der Waals surface area contributed by atoms with Crippen molar-refractivity contribution in [3.63, 3.8) is 0 Å². The van der Waals surface area contributed by atoms with E-state index in [1.54, 1.807) is 0 Å². The van der Waals surface area contributed by atoms with Gasteiger partial charge in [-0.15, -0.1) is 0 Å². The number of hydrogen-bond donors (Lipinski definition) is 0. The third-order valence-corrected chi connectivity index (χ3v) is 10.5. The van der Waals surface area contributed by atoms with E-state index in [-0.39, 0.29) is 11.8 Å². The number of hydrogen-bond acceptors (Lipinski definition) is 0. The first-order valence-electron chi connectivity index (χ1n) is 16.7. The normalized spacial score (nSPS) is 11.5. The van der Waals surface area contributed by atoms with Crippen molar-refractivity contribution >= 4 is 10.2 Å². The van der Waals surface area contributed by atoms with Gasteiger partial charge in [0.05, 0.1) is 0 Å². The molecule has 0 unspecified atom stereocenters. The molecule has 6 aromatic carbocycles. The average molecular weight is 703 g/mol. The molecule has 0 radical (unpaired) electrons. The monoisotopic (exact) mass is 701 g/mol. The molecule has 4 heteroatoms. The zero-order chi connectivity index (χ0) is 33.9. The van der Waals surface area contributed by atoms with Gasteiger partial charge >= 0.3 is 301 Å². The number of aromatic nitrogens is 2. The average Bonchev–Trinajstić information content (AvgIpc) is 3.53. The van der Waals surface area contributed by atoms with Crippen molar-refractivity contribution in [3.05, 3.63) is 218 Å². The van der Waals surface area contributed by atoms with Gasteiger partial charge in [0.15, 0.2) is 0 Å². The molecule has 0 aliphatic rings. The molecule has 0 aliphatic heterocycles. The van der Waals surface area contributed by atoms with Gasteiger partial charge in [-0.25, -0.2) is 0 Å². The molecule has 0 bridgehead atoms. The van der Waals surface area contributed by atoms with Crippen LogP contribution in [0.25, 0.3) is 11.4 Å². The van der Waals surface area contributed by atoms with Crippen LogP contribution in [0.2, 0.25) is 0 Å². The van der Waals surface area contributed by atoms with Gasteiger partial charge in [0.25, 0.3) is 0 Å². The van der Waals surface area contributed by atoms with Gasteiger partial charge in [-0.2, -0.15) is 0 Å². The summed E-state index contributed by atoms with van der Waals surface area (Å²) in [6.07, 6.45) is 4.38. The molecule has 49 heavy (non-hydrogen) atoms. The fourth-order valence-electron chi connectivity index (χ4n) is 7.51. The molecule has 0 atom stereocenters. The van der Waals surface area contributed by atoms with E-state index in [1.165, 1.54) is 55.6 Å². The van der Waals surface area contributed by atoms with Gasteiger partial charge < -0.3 is 0 Å². The summed E-state index contributed by atoms with van der Waals surface area (Å²) in [5.41, 5.74) is 14.7. The number of imidazole rings is 1. The first-order valence-corrected chi connectivity index (χ1v) is 18.6. The molecule has 7 rings (SSSR count). The van der Waals surface area contributed by atoms with Crippen LogP contribution in [0.15, 0.2) is 158 Å². The molecule has 0 saturated carbocycles. The Labute approximate surface area is 299 Å². The van der Waals surface area contributed by atoms with Gasteiger partial charge in [-0.1, -0.05) is 0 Å². The van der Waals surface area contributed by atoms with Crippen molar-refractivity contribution in [2.24, 2.45) is 0 Å². The first-order chi connectivity index (χ1) is 23.9. The molecule has 0 aliphatic carbocycles. The molecule has 1 heterocycles. The Hall–Kier alpha value is -4.69. The standard InChI is InChI=1S/C45H40N2.ClH.Ni/c1-32-27-34(3)44(40(29-32)42(36-17-9-5-10-18-36)37-19-11-6-12-20-37)46-25-26-47(31-46)45-35(4)28-33(2)30-41(45)43(38-21-13-7-14-22-38)39-23-15-8-16-24-39;;/h5-30,42-43H,1-4H3;1H;/q;;+1/p-1. The van der Waals surface area contributed by atoms with Crippen molar-refractivity contribution in [1.29, 1.82) is 0 Å². The van der Waals surface area contributed by atoms with Gasteiger partial charge in [0, 0.05) is 0 Å². The summed E-state index contributed by atoms with van der Waals surface area (Å²) in [7, 11) is 6.97. The molecule has 0 fully saturated rings. The molecular formula is C45H40ClN2Ni. The topological polar surface area (TPSA) is 9.86 Å². The van der Waals surface area contributed by atoms with E-state index in [0.29, 0.717) is 0 Å². The SMILES string of the molecule is Cc1cc(C)c(-n2ccn(-c3c(C)cc(C)cc3C(c3ccccc3)c3ccccc3)[c]2=[Ni][Cl])c(C(c2ccccc2)c2ccccc2)c1. The van der Waals surface area contributed by atoms with Crippen LogP contribution in [-0.2, 0) is 13.1 Å². The minimum atomic E-state index is 0.0414. The van der Waals surface area contributed by atoms with Crippen molar-refractivity contribution in [2.75, 3.05) is 0 Å². The van der Waals surface area contributed by atoms with Crippen LogP contribution >= 0.6 is 10.2 Å². The number of benzene rings is 6. The quantitative estimate of drug-likeness (QED) is 0.110. The van der Waals surface area contributed by atoms with Crippen molar-refractivity contribution in [2.45, 2.75) is 39.5 Å². The molecule has 247 valence electrons. The molecule has 0 spiro atoms. The zero-order valence-electron chi connectivity index (χ0n) is 28.3. The summed E-state index contributed by atoms with van der Waals surface area (Å²) in [5, 5.41) is 0. The van der Waals surface area contributed by atoms with E-state index >= 15 is 0 Å². The fraction of sp³-hybridized carbons (Fsp3) is 0.133. The second kappa shape index (κ2) is 14.4.